The molecular weight excluding hydrogens is 362 g/mol. The third-order valence-electron chi connectivity index (χ3n) is 8.97. The second-order valence-corrected chi connectivity index (χ2v) is 10.2. The molecule has 0 saturated heterocycles. The predicted octanol–water partition coefficient (Wildman–Crippen LogP) is 5.30. The Morgan fingerprint density at radius 3 is 2.69 bits per heavy atom. The maximum Gasteiger partial charge on any atom is 0.315 e. The van der Waals surface area contributed by atoms with Crippen molar-refractivity contribution in [2.45, 2.75) is 64.8 Å². The largest absolute Gasteiger partial charge is 0.497 e. The van der Waals surface area contributed by atoms with E-state index in [1.807, 2.05) is 0 Å². The molecule has 1 aliphatic heterocycles. The Balaban J connectivity index is 1.65. The summed E-state index contributed by atoms with van der Waals surface area (Å²) < 4.78 is 10.8. The van der Waals surface area contributed by atoms with Gasteiger partial charge in [-0.3, -0.25) is 4.79 Å². The summed E-state index contributed by atoms with van der Waals surface area (Å²) in [7, 11) is 3.28. The zero-order valence-corrected chi connectivity index (χ0v) is 18.3. The molecular formula is C25H33NO3. The van der Waals surface area contributed by atoms with Crippen LogP contribution in [0.5, 0.6) is 5.75 Å². The molecule has 4 aliphatic rings. The lowest BCUT2D eigenvalue weighted by molar-refractivity contribution is -0.151. The smallest absolute Gasteiger partial charge is 0.315 e. The van der Waals surface area contributed by atoms with Gasteiger partial charge in [0, 0.05) is 23.6 Å². The van der Waals surface area contributed by atoms with Gasteiger partial charge in [-0.15, -0.1) is 0 Å². The molecule has 1 fully saturated rings. The second-order valence-electron chi connectivity index (χ2n) is 10.2. The average Bonchev–Trinajstić information content (AvgIpc) is 3.08. The van der Waals surface area contributed by atoms with Crippen LogP contribution in [0.25, 0.3) is 0 Å². The Morgan fingerprint density at radius 2 is 1.97 bits per heavy atom. The molecule has 3 aliphatic carbocycles. The van der Waals surface area contributed by atoms with Crippen LogP contribution in [-0.4, -0.2) is 26.2 Å². The molecule has 1 saturated carbocycles. The molecule has 1 aromatic rings. The SMILES string of the molecule is COC(=O)[C@@]1(C)CC[C@@H]2C3=C1CC[C@@H](C)[C@]3(C)C[C@@H]1c3cc(OC)ccc3N[C@H]21. The van der Waals surface area contributed by atoms with E-state index in [1.54, 1.807) is 12.7 Å². The number of anilines is 1. The van der Waals surface area contributed by atoms with Gasteiger partial charge < -0.3 is 14.8 Å². The van der Waals surface area contributed by atoms with E-state index in [0.717, 1.165) is 37.9 Å². The van der Waals surface area contributed by atoms with Gasteiger partial charge in [-0.1, -0.05) is 25.0 Å². The molecule has 156 valence electrons. The second kappa shape index (κ2) is 6.26. The number of carbonyl (C=O) groups is 1. The van der Waals surface area contributed by atoms with Gasteiger partial charge in [0.05, 0.1) is 19.6 Å². The van der Waals surface area contributed by atoms with Crippen LogP contribution in [0.15, 0.2) is 29.3 Å². The molecule has 1 N–H and O–H groups in total. The number of benzene rings is 1. The Kier molecular flexibility index (Phi) is 4.11. The Bertz CT molecular complexity index is 905. The highest BCUT2D eigenvalue weighted by Gasteiger charge is 2.59. The number of hydrogen-bond acceptors (Lipinski definition) is 4. The van der Waals surface area contributed by atoms with E-state index < -0.39 is 5.41 Å². The summed E-state index contributed by atoms with van der Waals surface area (Å²) in [5.41, 5.74) is 5.35. The summed E-state index contributed by atoms with van der Waals surface area (Å²) >= 11 is 0. The zero-order chi connectivity index (χ0) is 20.6. The lowest BCUT2D eigenvalue weighted by Gasteiger charge is -2.58. The first-order valence-electron chi connectivity index (χ1n) is 11.1. The van der Waals surface area contributed by atoms with Crippen molar-refractivity contribution in [3.05, 3.63) is 34.9 Å². The van der Waals surface area contributed by atoms with Crippen molar-refractivity contribution in [1.82, 2.24) is 0 Å². The van der Waals surface area contributed by atoms with Crippen molar-refractivity contribution >= 4 is 11.7 Å². The number of methoxy groups -OCH3 is 2. The number of ether oxygens (including phenoxy) is 2. The van der Waals surface area contributed by atoms with Crippen LogP contribution in [0.3, 0.4) is 0 Å². The fourth-order valence-electron chi connectivity index (χ4n) is 7.16. The van der Waals surface area contributed by atoms with E-state index in [9.17, 15) is 4.79 Å². The third kappa shape index (κ3) is 2.41. The standard InChI is InChI=1S/C25H33NO3/c1-14-6-8-19-21-16(10-11-24(19,2)23(27)29-5)22-18(13-25(14,21)3)17-12-15(28-4)7-9-20(17)26-22/h7,9,12,14,16,18,22,26H,6,8,10-11,13H2,1-5H3/t14-,16-,18-,22-,24+,25+/m1/s1. The summed E-state index contributed by atoms with van der Waals surface area (Å²) in [5.74, 6) is 2.51. The third-order valence-corrected chi connectivity index (χ3v) is 8.97. The van der Waals surface area contributed by atoms with E-state index >= 15 is 0 Å². The lowest BCUT2D eigenvalue weighted by atomic mass is 9.47. The summed E-state index contributed by atoms with van der Waals surface area (Å²) in [6.45, 7) is 7.01. The first kappa shape index (κ1) is 19.0. The van der Waals surface area contributed by atoms with Gasteiger partial charge in [-0.05, 0) is 74.1 Å². The minimum absolute atomic E-state index is 0.0510. The number of nitrogens with one attached hydrogen (secondary N) is 1. The Labute approximate surface area is 174 Å². The number of rotatable bonds is 2. The van der Waals surface area contributed by atoms with E-state index in [0.29, 0.717) is 23.8 Å². The van der Waals surface area contributed by atoms with Gasteiger partial charge in [-0.2, -0.15) is 0 Å². The van der Waals surface area contributed by atoms with Crippen LogP contribution in [0.1, 0.15) is 64.4 Å². The van der Waals surface area contributed by atoms with Crippen LogP contribution < -0.4 is 10.1 Å². The Morgan fingerprint density at radius 1 is 1.17 bits per heavy atom. The Hall–Kier alpha value is -1.97. The summed E-state index contributed by atoms with van der Waals surface area (Å²) in [5, 5.41) is 3.87. The van der Waals surface area contributed by atoms with E-state index in [-0.39, 0.29) is 11.4 Å². The van der Waals surface area contributed by atoms with E-state index in [2.05, 4.69) is 44.3 Å². The summed E-state index contributed by atoms with van der Waals surface area (Å²) in [6.07, 6.45) is 5.26. The van der Waals surface area contributed by atoms with Gasteiger partial charge in [0.15, 0.2) is 0 Å². The zero-order valence-electron chi connectivity index (χ0n) is 18.3. The van der Waals surface area contributed by atoms with Crippen LogP contribution in [0.2, 0.25) is 0 Å². The summed E-state index contributed by atoms with van der Waals surface area (Å²) in [6, 6.07) is 6.89. The van der Waals surface area contributed by atoms with Crippen LogP contribution in [0, 0.1) is 22.7 Å². The highest BCUT2D eigenvalue weighted by Crippen LogP contribution is 2.66. The van der Waals surface area contributed by atoms with Gasteiger partial charge in [-0.25, -0.2) is 0 Å². The highest BCUT2D eigenvalue weighted by atomic mass is 16.5. The van der Waals surface area contributed by atoms with Crippen molar-refractivity contribution in [3.63, 3.8) is 0 Å². The molecule has 0 spiro atoms. The fourth-order valence-corrected chi connectivity index (χ4v) is 7.16. The van der Waals surface area contributed by atoms with Crippen molar-refractivity contribution in [2.75, 3.05) is 19.5 Å². The van der Waals surface area contributed by atoms with Crippen molar-refractivity contribution < 1.29 is 14.3 Å². The van der Waals surface area contributed by atoms with Crippen LogP contribution >= 0.6 is 0 Å². The normalized spacial score (nSPS) is 39.8. The number of esters is 1. The molecule has 1 heterocycles. The molecule has 29 heavy (non-hydrogen) atoms. The maximum atomic E-state index is 12.8. The van der Waals surface area contributed by atoms with Crippen molar-refractivity contribution in [3.8, 4) is 5.75 Å². The predicted molar refractivity (Wildman–Crippen MR) is 114 cm³/mol. The quantitative estimate of drug-likeness (QED) is 0.545. The van der Waals surface area contributed by atoms with Crippen LogP contribution in [0.4, 0.5) is 5.69 Å². The molecule has 0 unspecified atom stereocenters. The van der Waals surface area contributed by atoms with Gasteiger partial charge in [0.25, 0.3) is 0 Å². The monoisotopic (exact) mass is 395 g/mol. The highest BCUT2D eigenvalue weighted by molar-refractivity contribution is 5.81. The first-order chi connectivity index (χ1) is 13.8. The average molecular weight is 396 g/mol. The molecule has 4 heteroatoms. The molecule has 0 radical (unpaired) electrons. The van der Waals surface area contributed by atoms with Gasteiger partial charge in [0.2, 0.25) is 0 Å². The maximum absolute atomic E-state index is 12.8. The van der Waals surface area contributed by atoms with Crippen molar-refractivity contribution in [1.29, 1.82) is 0 Å². The molecule has 5 rings (SSSR count). The molecule has 1 aromatic carbocycles. The minimum Gasteiger partial charge on any atom is -0.497 e. The number of fused-ring (bicyclic) bond motifs is 4. The number of carbonyl (C=O) groups excluding carboxylic acids is 1. The molecule has 6 atom stereocenters. The fraction of sp³-hybridized carbons (Fsp3) is 0.640. The summed E-state index contributed by atoms with van der Waals surface area (Å²) in [4.78, 5) is 12.8. The van der Waals surface area contributed by atoms with E-state index in [4.69, 9.17) is 9.47 Å². The molecule has 0 aromatic heterocycles. The first-order valence-corrected chi connectivity index (χ1v) is 11.1. The van der Waals surface area contributed by atoms with Crippen molar-refractivity contribution in [2.24, 2.45) is 22.7 Å². The number of hydrogen-bond donors (Lipinski definition) is 1. The lowest BCUT2D eigenvalue weighted by Crippen LogP contribution is -2.53. The van der Waals surface area contributed by atoms with Gasteiger partial charge >= 0.3 is 5.97 Å². The minimum atomic E-state index is -0.455. The molecule has 4 nitrogen and oxygen atoms in total. The van der Waals surface area contributed by atoms with Gasteiger partial charge in [0.1, 0.15) is 5.75 Å². The van der Waals surface area contributed by atoms with E-state index in [1.165, 1.54) is 23.9 Å². The van der Waals surface area contributed by atoms with Crippen LogP contribution in [-0.2, 0) is 9.53 Å². The molecule has 0 bridgehead atoms. The topological polar surface area (TPSA) is 47.6 Å². The molecule has 0 amide bonds.